The molecule has 0 aromatic heterocycles. The Balaban J connectivity index is 1.13. The SMILES string of the molecule is CC(C)(C)c1ccc(N2c3cc(C(C)(C)C)ccc3B3c4cccc5c4N(c4cc(N6c7ccc(-c8ccccc8)cc7C7(C)CCCCC67C)cc2c43)C2(C)c3ccccc3CCC52C)c(-c2ccccc2)c1. The smallest absolute Gasteiger partial charge is 0.252 e. The third-order valence-electron chi connectivity index (χ3n) is 20.2. The Hall–Kier alpha value is -6.78. The Morgan fingerprint density at radius 1 is 0.446 bits per heavy atom. The van der Waals surface area contributed by atoms with Crippen LogP contribution < -0.4 is 31.1 Å². The van der Waals surface area contributed by atoms with Crippen LogP contribution in [0.4, 0.5) is 39.8 Å². The van der Waals surface area contributed by atoms with Gasteiger partial charge in [0.1, 0.15) is 0 Å². The van der Waals surface area contributed by atoms with E-state index in [4.69, 9.17) is 0 Å². The van der Waals surface area contributed by atoms with Crippen LogP contribution in [0.2, 0.25) is 0 Å². The van der Waals surface area contributed by atoms with Gasteiger partial charge in [-0.05, 0) is 159 Å². The normalized spacial score (nSPS) is 23.9. The predicted molar refractivity (Wildman–Crippen MR) is 315 cm³/mol. The van der Waals surface area contributed by atoms with Crippen molar-refractivity contribution in [3.05, 3.63) is 203 Å². The molecule has 0 spiro atoms. The first kappa shape index (κ1) is 45.8. The van der Waals surface area contributed by atoms with Gasteiger partial charge in [-0.1, -0.05) is 196 Å². The number of rotatable bonds is 4. The highest BCUT2D eigenvalue weighted by atomic mass is 15.3. The van der Waals surface area contributed by atoms with Crippen molar-refractivity contribution in [2.45, 2.75) is 141 Å². The molecule has 0 radical (unpaired) electrons. The summed E-state index contributed by atoms with van der Waals surface area (Å²) in [6.45, 7) is 24.6. The Kier molecular flexibility index (Phi) is 9.54. The van der Waals surface area contributed by atoms with Crippen LogP contribution in [0.1, 0.15) is 135 Å². The van der Waals surface area contributed by atoms with E-state index in [9.17, 15) is 0 Å². The largest absolute Gasteiger partial charge is 0.334 e. The second-order valence-corrected chi connectivity index (χ2v) is 25.9. The topological polar surface area (TPSA) is 9.72 Å². The van der Waals surface area contributed by atoms with Crippen LogP contribution >= 0.6 is 0 Å². The van der Waals surface area contributed by atoms with Gasteiger partial charge >= 0.3 is 0 Å². The fraction of sp³-hybridized carbons (Fsp3) is 0.314. The summed E-state index contributed by atoms with van der Waals surface area (Å²) >= 11 is 0. The molecule has 4 heteroatoms. The summed E-state index contributed by atoms with van der Waals surface area (Å²) in [5.74, 6) is 0. The second kappa shape index (κ2) is 15.4. The molecule has 14 rings (SSSR count). The summed E-state index contributed by atoms with van der Waals surface area (Å²) in [4.78, 5) is 8.49. The Morgan fingerprint density at radius 3 is 1.85 bits per heavy atom. The van der Waals surface area contributed by atoms with Gasteiger partial charge < -0.3 is 14.7 Å². The summed E-state index contributed by atoms with van der Waals surface area (Å²) in [5.41, 5.74) is 26.3. The van der Waals surface area contributed by atoms with Crippen molar-refractivity contribution in [1.29, 1.82) is 0 Å². The maximum absolute atomic E-state index is 2.90. The van der Waals surface area contributed by atoms with E-state index in [1.807, 2.05) is 0 Å². The molecular formula is C70H70BN3. The molecule has 0 saturated heterocycles. The van der Waals surface area contributed by atoms with Crippen molar-refractivity contribution < 1.29 is 0 Å². The zero-order valence-electron chi connectivity index (χ0n) is 45.3. The summed E-state index contributed by atoms with van der Waals surface area (Å²) in [6.07, 6.45) is 6.92. The van der Waals surface area contributed by atoms with E-state index in [1.54, 1.807) is 0 Å². The highest BCUT2D eigenvalue weighted by Crippen LogP contribution is 2.66. The second-order valence-electron chi connectivity index (χ2n) is 25.9. The first-order valence-corrected chi connectivity index (χ1v) is 27.8. The van der Waals surface area contributed by atoms with Crippen molar-refractivity contribution in [3.8, 4) is 22.3 Å². The molecule has 1 saturated carbocycles. The monoisotopic (exact) mass is 964 g/mol. The zero-order valence-corrected chi connectivity index (χ0v) is 45.3. The lowest BCUT2D eigenvalue weighted by Crippen LogP contribution is -2.64. The zero-order chi connectivity index (χ0) is 50.9. The van der Waals surface area contributed by atoms with E-state index in [1.165, 1.54) is 125 Å². The third-order valence-corrected chi connectivity index (χ3v) is 20.2. The Morgan fingerprint density at radius 2 is 1.09 bits per heavy atom. The van der Waals surface area contributed by atoms with E-state index >= 15 is 0 Å². The van der Waals surface area contributed by atoms with Crippen LogP contribution in [0.3, 0.4) is 0 Å². The molecule has 0 amide bonds. The first-order valence-electron chi connectivity index (χ1n) is 27.8. The quantitative estimate of drug-likeness (QED) is 0.163. The van der Waals surface area contributed by atoms with Gasteiger partial charge in [-0.25, -0.2) is 0 Å². The number of fused-ring (bicyclic) bond motifs is 12. The van der Waals surface area contributed by atoms with E-state index in [0.717, 1.165) is 25.7 Å². The molecule has 0 N–H and O–H groups in total. The molecule has 4 atom stereocenters. The minimum absolute atomic E-state index is 0.0342. The van der Waals surface area contributed by atoms with Crippen LogP contribution in [0.15, 0.2) is 170 Å². The van der Waals surface area contributed by atoms with Gasteiger partial charge in [0.25, 0.3) is 6.71 Å². The van der Waals surface area contributed by atoms with Crippen molar-refractivity contribution in [2.24, 2.45) is 0 Å². The first-order chi connectivity index (χ1) is 35.5. The molecular weight excluding hydrogens is 894 g/mol. The summed E-state index contributed by atoms with van der Waals surface area (Å²) in [7, 11) is 0. The number of aryl methyl sites for hydroxylation is 1. The van der Waals surface area contributed by atoms with Crippen molar-refractivity contribution in [3.63, 3.8) is 0 Å². The van der Waals surface area contributed by atoms with E-state index in [-0.39, 0.29) is 39.5 Å². The van der Waals surface area contributed by atoms with E-state index in [0.29, 0.717) is 0 Å². The van der Waals surface area contributed by atoms with Crippen LogP contribution in [-0.4, -0.2) is 12.3 Å². The molecule has 368 valence electrons. The lowest BCUT2D eigenvalue weighted by molar-refractivity contribution is 0.195. The van der Waals surface area contributed by atoms with Gasteiger partial charge in [-0.2, -0.15) is 0 Å². The van der Waals surface area contributed by atoms with Gasteiger partial charge in [-0.3, -0.25) is 0 Å². The van der Waals surface area contributed by atoms with Crippen molar-refractivity contribution in [1.82, 2.24) is 0 Å². The molecule has 74 heavy (non-hydrogen) atoms. The van der Waals surface area contributed by atoms with Crippen molar-refractivity contribution in [2.75, 3.05) is 14.7 Å². The summed E-state index contributed by atoms with van der Waals surface area (Å²) < 4.78 is 0. The highest BCUT2D eigenvalue weighted by molar-refractivity contribution is 7.00. The van der Waals surface area contributed by atoms with Crippen LogP contribution in [0.25, 0.3) is 22.3 Å². The van der Waals surface area contributed by atoms with Gasteiger partial charge in [0.2, 0.25) is 0 Å². The summed E-state index contributed by atoms with van der Waals surface area (Å²) in [6, 6.07) is 66.8. The minimum Gasteiger partial charge on any atom is -0.334 e. The molecule has 3 nitrogen and oxygen atoms in total. The number of benzene rings is 8. The number of nitrogens with zero attached hydrogens (tertiary/aromatic N) is 3. The average Bonchev–Trinajstić information content (AvgIpc) is 3.82. The maximum Gasteiger partial charge on any atom is 0.252 e. The number of para-hydroxylation sites is 1. The maximum atomic E-state index is 2.90. The van der Waals surface area contributed by atoms with Crippen LogP contribution in [0.5, 0.6) is 0 Å². The number of anilines is 7. The van der Waals surface area contributed by atoms with E-state index < -0.39 is 0 Å². The Labute approximate surface area is 441 Å². The minimum atomic E-state index is -0.348. The molecule has 8 aromatic carbocycles. The van der Waals surface area contributed by atoms with Gasteiger partial charge in [0.15, 0.2) is 0 Å². The molecule has 1 fully saturated rings. The molecule has 8 aromatic rings. The van der Waals surface area contributed by atoms with Crippen LogP contribution in [0, 0.1) is 0 Å². The average molecular weight is 964 g/mol. The van der Waals surface area contributed by atoms with E-state index in [2.05, 4.69) is 254 Å². The summed E-state index contributed by atoms with van der Waals surface area (Å²) in [5, 5.41) is 0. The number of hydrogen-bond acceptors (Lipinski definition) is 3. The standard InChI is InChI=1S/C70H70BN3/c1-65(2,3)49-32-35-58(52(41-49)46-24-15-12-16-25-46)72-60-42-50(66(4,5)6)31-33-56(60)71-57-29-21-28-54-64(57)74(70(10)53-27-18-17-26-47(53)36-39-68(54,70)8)62-44-51(43-61(72)63(62)71)73-59-34-30-48(45-22-13-11-14-23-45)40-55(59)67(7)37-19-20-38-69(67,73)9/h11-18,21-35,40-44H,19-20,36-39H2,1-10H3. The van der Waals surface area contributed by atoms with Gasteiger partial charge in [0.05, 0.1) is 16.8 Å². The fourth-order valence-electron chi connectivity index (χ4n) is 15.7. The lowest BCUT2D eigenvalue weighted by atomic mass is 9.33. The van der Waals surface area contributed by atoms with Crippen LogP contribution in [-0.2, 0) is 33.6 Å². The van der Waals surface area contributed by atoms with Crippen molar-refractivity contribution >= 4 is 62.9 Å². The predicted octanol–water partition coefficient (Wildman–Crippen LogP) is 16.2. The van der Waals surface area contributed by atoms with Gasteiger partial charge in [0, 0.05) is 50.5 Å². The Bertz CT molecular complexity index is 3640. The van der Waals surface area contributed by atoms with Gasteiger partial charge in [-0.15, -0.1) is 0 Å². The molecule has 2 aliphatic carbocycles. The molecule has 6 aliphatic rings. The fourth-order valence-corrected chi connectivity index (χ4v) is 15.7. The molecule has 0 bridgehead atoms. The molecule has 4 aliphatic heterocycles. The molecule has 4 heterocycles. The number of hydrogen-bond donors (Lipinski definition) is 0. The third kappa shape index (κ3) is 5.97. The highest BCUT2D eigenvalue weighted by Gasteiger charge is 2.64. The molecule has 4 unspecified atom stereocenters. The lowest BCUT2D eigenvalue weighted by Gasteiger charge is -2.54.